The van der Waals surface area contributed by atoms with Crippen LogP contribution in [0.3, 0.4) is 0 Å². The summed E-state index contributed by atoms with van der Waals surface area (Å²) in [6.07, 6.45) is 11.0. The van der Waals surface area contributed by atoms with Crippen LogP contribution in [0.4, 0.5) is 14.5 Å². The first-order valence-corrected chi connectivity index (χ1v) is 27.3. The molecule has 4 fully saturated rings. The Kier molecular flexibility index (Phi) is 15.4. The van der Waals surface area contributed by atoms with Gasteiger partial charge in [-0.25, -0.2) is 8.78 Å². The number of alkyl halides is 2. The predicted molar refractivity (Wildman–Crippen MR) is 277 cm³/mol. The van der Waals surface area contributed by atoms with Crippen molar-refractivity contribution in [1.82, 2.24) is 51.0 Å². The van der Waals surface area contributed by atoms with Crippen molar-refractivity contribution in [2.45, 2.75) is 139 Å². The van der Waals surface area contributed by atoms with Crippen molar-refractivity contribution in [3.05, 3.63) is 101 Å². The highest BCUT2D eigenvalue weighted by atomic mass is 19.3. The summed E-state index contributed by atoms with van der Waals surface area (Å²) in [5.74, 6) is -5.44. The van der Waals surface area contributed by atoms with E-state index in [1.165, 1.54) is 5.56 Å². The van der Waals surface area contributed by atoms with Gasteiger partial charge < -0.3 is 41.1 Å². The number of nitrogens with zero attached hydrogens (tertiary/aromatic N) is 5. The molecule has 2 saturated carbocycles. The fourth-order valence-electron chi connectivity index (χ4n) is 12.7. The number of aryl methyl sites for hydroxylation is 1. The maximum atomic E-state index is 14.7. The van der Waals surface area contributed by atoms with Gasteiger partial charge in [-0.3, -0.25) is 38.5 Å². The number of aromatic amines is 1. The van der Waals surface area contributed by atoms with Crippen molar-refractivity contribution in [3.8, 4) is 0 Å². The summed E-state index contributed by atoms with van der Waals surface area (Å²) in [5.41, 5.74) is 3.78. The molecule has 2 aromatic heterocycles. The Labute approximate surface area is 441 Å². The Morgan fingerprint density at radius 2 is 1.64 bits per heavy atom. The minimum absolute atomic E-state index is 0.00251. The minimum atomic E-state index is -2.78. The number of carbonyl (C=O) groups excluding carboxylic acids is 6. The van der Waals surface area contributed by atoms with Crippen molar-refractivity contribution >= 4 is 41.1 Å². The highest BCUT2D eigenvalue weighted by Gasteiger charge is 2.78. The van der Waals surface area contributed by atoms with Crippen molar-refractivity contribution in [1.29, 1.82) is 0 Å². The second-order valence-electron chi connectivity index (χ2n) is 22.2. The number of hydrogen-bond acceptors (Lipinski definition) is 10. The molecule has 0 unspecified atom stereocenters. The zero-order valence-corrected chi connectivity index (χ0v) is 43.6. The molecule has 0 radical (unpaired) electrons. The van der Waals surface area contributed by atoms with Crippen LogP contribution in [0.1, 0.15) is 129 Å². The lowest BCUT2D eigenvalue weighted by atomic mass is 9.83. The fourth-order valence-corrected chi connectivity index (χ4v) is 12.7. The van der Waals surface area contributed by atoms with Gasteiger partial charge in [0.05, 0.1) is 49.6 Å². The number of benzene rings is 2. The Balaban J connectivity index is 0.709. The number of rotatable bonds is 19. The smallest absolute Gasteiger partial charge is 0.276 e. The maximum Gasteiger partial charge on any atom is 0.276 e. The lowest BCUT2D eigenvalue weighted by molar-refractivity contribution is -0.143. The van der Waals surface area contributed by atoms with Gasteiger partial charge in [0.2, 0.25) is 29.5 Å². The van der Waals surface area contributed by atoms with E-state index in [-0.39, 0.29) is 111 Å². The molecular weight excluding hydrogens is 977 g/mol. The van der Waals surface area contributed by atoms with E-state index in [0.717, 1.165) is 62.5 Å². The molecule has 20 heteroatoms. The summed E-state index contributed by atoms with van der Waals surface area (Å²) in [6.45, 7) is 4.53. The SMILES string of the molecule is CN[C@@H](C)C(=O)N[C@H](C(=O)N1C[C@@H](NC(=O)CCOCCC(=O)N2CC([C@@H](c3ccccc3)n3cc(NC(=O)c4n[nH]c5c4C[C@@H]4C(F)(F)[C@]4(C)C5)cn3)C2)C[C@H]1C(=O)N[C@@H]1CCCc2ccccc21)C1CCCCC1. The van der Waals surface area contributed by atoms with E-state index in [1.54, 1.807) is 47.8 Å². The first-order valence-electron chi connectivity index (χ1n) is 27.3. The van der Waals surface area contributed by atoms with Gasteiger partial charge in [-0.05, 0) is 81.5 Å². The van der Waals surface area contributed by atoms with Gasteiger partial charge in [-0.2, -0.15) is 10.2 Å². The van der Waals surface area contributed by atoms with Gasteiger partial charge in [0.15, 0.2) is 5.69 Å². The largest absolute Gasteiger partial charge is 0.380 e. The minimum Gasteiger partial charge on any atom is -0.380 e. The van der Waals surface area contributed by atoms with E-state index in [2.05, 4.69) is 47.9 Å². The molecule has 406 valence electrons. The van der Waals surface area contributed by atoms with Crippen LogP contribution in [-0.2, 0) is 48.0 Å². The molecule has 6 amide bonds. The third-order valence-corrected chi connectivity index (χ3v) is 17.4. The molecule has 6 N–H and O–H groups in total. The fraction of sp³-hybridized carbons (Fsp3) is 0.571. The average molecular weight is 1050 g/mol. The van der Waals surface area contributed by atoms with Gasteiger partial charge in [0.25, 0.3) is 11.8 Å². The molecule has 4 heterocycles. The van der Waals surface area contributed by atoms with Crippen LogP contribution in [0.2, 0.25) is 0 Å². The first kappa shape index (κ1) is 52.9. The molecule has 76 heavy (non-hydrogen) atoms. The third-order valence-electron chi connectivity index (χ3n) is 17.4. The van der Waals surface area contributed by atoms with Crippen LogP contribution < -0.4 is 26.6 Å². The van der Waals surface area contributed by atoms with Crippen LogP contribution in [0.25, 0.3) is 0 Å². The number of hydrogen-bond donors (Lipinski definition) is 6. The molecule has 4 aromatic rings. The number of nitrogens with one attached hydrogen (secondary N) is 6. The van der Waals surface area contributed by atoms with E-state index in [9.17, 15) is 37.5 Å². The van der Waals surface area contributed by atoms with Gasteiger partial charge in [-0.1, -0.05) is 80.8 Å². The van der Waals surface area contributed by atoms with Gasteiger partial charge in [0, 0.05) is 73.2 Å². The van der Waals surface area contributed by atoms with Crippen molar-refractivity contribution < 1.29 is 42.3 Å². The molecule has 18 nitrogen and oxygen atoms in total. The second-order valence-corrected chi connectivity index (χ2v) is 22.2. The summed E-state index contributed by atoms with van der Waals surface area (Å²) in [5, 5.41) is 26.8. The highest BCUT2D eigenvalue weighted by molar-refractivity contribution is 6.04. The maximum absolute atomic E-state index is 14.7. The van der Waals surface area contributed by atoms with E-state index < -0.39 is 47.3 Å². The second kappa shape index (κ2) is 22.2. The standard InChI is InChI=1S/C56H71F2N11O7/c1-33(59-3)51(72)64-48(35-14-6-4-7-15-35)54(75)68-31-38(25-44(68)52(73)63-42-20-12-18-34-13-10-11-19-40(34)42)61-46(70)21-23-76-24-22-47(71)67-29-37(30-67)50(36-16-8-5-9-17-36)69-32-39(28-60-69)62-53(74)49-41-26-45-55(2,56(45,57)58)27-43(41)65-66-49/h5,8-11,13,16-17,19,28,32-33,35,37-38,42,44-45,48,50,59H,4,6-7,12,14-15,18,20-27,29-31H2,1-3H3,(H,61,70)(H,62,74)(H,63,73)(H,64,72)(H,65,66)/t33-,38-,42+,44-,45-,48-,50+,55+/m0/s1. The molecule has 0 spiro atoms. The van der Waals surface area contributed by atoms with E-state index in [1.807, 2.05) is 48.5 Å². The monoisotopic (exact) mass is 1050 g/mol. The average Bonchev–Trinajstić information content (AvgIpc) is 4.19. The van der Waals surface area contributed by atoms with Crippen molar-refractivity contribution in [2.24, 2.45) is 23.2 Å². The molecule has 8 atom stereocenters. The number of ether oxygens (including phenoxy) is 1. The van der Waals surface area contributed by atoms with E-state index in [0.29, 0.717) is 30.0 Å². The highest BCUT2D eigenvalue weighted by Crippen LogP contribution is 2.70. The zero-order chi connectivity index (χ0) is 53.3. The molecule has 2 aromatic carbocycles. The van der Waals surface area contributed by atoms with Gasteiger partial charge in [0.1, 0.15) is 12.1 Å². The number of anilines is 1. The van der Waals surface area contributed by atoms with Crippen LogP contribution in [-0.4, -0.2) is 135 Å². The molecular formula is C56H71F2N11O7. The Bertz CT molecular complexity index is 2790. The summed E-state index contributed by atoms with van der Waals surface area (Å²) in [4.78, 5) is 85.9. The number of fused-ring (bicyclic) bond motifs is 3. The summed E-state index contributed by atoms with van der Waals surface area (Å²) in [7, 11) is 1.69. The molecule has 2 aliphatic heterocycles. The number of carbonyl (C=O) groups is 6. The Hall–Kier alpha value is -6.54. The molecule has 10 rings (SSSR count). The predicted octanol–water partition coefficient (Wildman–Crippen LogP) is 5.03. The van der Waals surface area contributed by atoms with Crippen molar-refractivity contribution in [3.63, 3.8) is 0 Å². The summed E-state index contributed by atoms with van der Waals surface area (Å²) < 4.78 is 36.7. The molecule has 2 saturated heterocycles. The van der Waals surface area contributed by atoms with Crippen LogP contribution in [0, 0.1) is 23.2 Å². The van der Waals surface area contributed by atoms with E-state index in [4.69, 9.17) is 4.74 Å². The summed E-state index contributed by atoms with van der Waals surface area (Å²) in [6, 6.07) is 14.7. The Morgan fingerprint density at radius 3 is 2.42 bits per heavy atom. The number of aromatic nitrogens is 4. The van der Waals surface area contributed by atoms with Gasteiger partial charge in [-0.15, -0.1) is 0 Å². The zero-order valence-electron chi connectivity index (χ0n) is 43.6. The molecule has 6 aliphatic rings. The normalized spacial score (nSPS) is 24.9. The molecule has 0 bridgehead atoms. The number of halogens is 2. The topological polar surface area (TPSA) is 225 Å². The van der Waals surface area contributed by atoms with E-state index >= 15 is 0 Å². The lowest BCUT2D eigenvalue weighted by Gasteiger charge is -2.43. The molecule has 4 aliphatic carbocycles. The summed E-state index contributed by atoms with van der Waals surface area (Å²) >= 11 is 0. The van der Waals surface area contributed by atoms with Crippen LogP contribution in [0.15, 0.2) is 67.0 Å². The third kappa shape index (κ3) is 10.8. The number of likely N-dealkylation sites (N-methyl/N-ethyl adjacent to an activating group) is 1. The number of amides is 6. The number of likely N-dealkylation sites (tertiary alicyclic amines) is 2. The lowest BCUT2D eigenvalue weighted by Crippen LogP contribution is -2.58. The van der Waals surface area contributed by atoms with Gasteiger partial charge >= 0.3 is 0 Å². The first-order chi connectivity index (χ1) is 36.6. The van der Waals surface area contributed by atoms with Crippen molar-refractivity contribution in [2.75, 3.05) is 45.2 Å². The number of H-pyrrole nitrogens is 1. The quantitative estimate of drug-likeness (QED) is 0.0688. The Morgan fingerprint density at radius 1 is 0.895 bits per heavy atom. The van der Waals surface area contributed by atoms with Crippen LogP contribution >= 0.6 is 0 Å². The van der Waals surface area contributed by atoms with Crippen LogP contribution in [0.5, 0.6) is 0 Å².